The summed E-state index contributed by atoms with van der Waals surface area (Å²) in [7, 11) is 0. The van der Waals surface area contributed by atoms with Crippen molar-refractivity contribution in [1.29, 1.82) is 0 Å². The molecule has 1 aliphatic rings. The standard InChI is InChI=1S/C20H29FN2O2/c1-20(2,3)13-17(14-8-10-16(21)11-9-14)23-18(24)5-4-12-22-19(25)15-6-7-15/h8-11,15,17H,4-7,12-13H2,1-3H3,(H,22,25)(H,23,24)/t17-/m1/s1. The van der Waals surface area contributed by atoms with E-state index in [0.29, 0.717) is 19.4 Å². The number of carbonyl (C=O) groups excluding carboxylic acids is 2. The fourth-order valence-corrected chi connectivity index (χ4v) is 2.78. The van der Waals surface area contributed by atoms with E-state index in [1.165, 1.54) is 12.1 Å². The fourth-order valence-electron chi connectivity index (χ4n) is 2.78. The van der Waals surface area contributed by atoms with Gasteiger partial charge >= 0.3 is 0 Å². The molecular weight excluding hydrogens is 319 g/mol. The van der Waals surface area contributed by atoms with Crippen LogP contribution in [0, 0.1) is 17.2 Å². The Labute approximate surface area is 149 Å². The number of carbonyl (C=O) groups is 2. The number of halogens is 1. The Morgan fingerprint density at radius 2 is 1.84 bits per heavy atom. The maximum Gasteiger partial charge on any atom is 0.223 e. The largest absolute Gasteiger partial charge is 0.356 e. The number of hydrogen-bond donors (Lipinski definition) is 2. The molecule has 1 aliphatic carbocycles. The zero-order chi connectivity index (χ0) is 18.4. The second-order valence-corrected chi connectivity index (χ2v) is 8.11. The van der Waals surface area contributed by atoms with Crippen LogP contribution >= 0.6 is 0 Å². The van der Waals surface area contributed by atoms with Crippen LogP contribution in [0.5, 0.6) is 0 Å². The highest BCUT2D eigenvalue weighted by atomic mass is 19.1. The lowest BCUT2D eigenvalue weighted by atomic mass is 9.85. The maximum absolute atomic E-state index is 13.2. The molecule has 1 fully saturated rings. The monoisotopic (exact) mass is 348 g/mol. The first-order valence-corrected chi connectivity index (χ1v) is 9.07. The molecule has 0 bridgehead atoms. The summed E-state index contributed by atoms with van der Waals surface area (Å²) in [5.41, 5.74) is 0.941. The molecule has 0 spiro atoms. The number of rotatable bonds is 8. The van der Waals surface area contributed by atoms with Crippen LogP contribution in [0.3, 0.4) is 0 Å². The van der Waals surface area contributed by atoms with Crippen LogP contribution in [0.4, 0.5) is 4.39 Å². The van der Waals surface area contributed by atoms with Gasteiger partial charge < -0.3 is 10.6 Å². The van der Waals surface area contributed by atoms with Gasteiger partial charge in [-0.2, -0.15) is 0 Å². The highest BCUT2D eigenvalue weighted by molar-refractivity contribution is 5.81. The molecule has 5 heteroatoms. The van der Waals surface area contributed by atoms with Gasteiger partial charge in [0, 0.05) is 18.9 Å². The molecule has 0 saturated heterocycles. The van der Waals surface area contributed by atoms with Crippen LogP contribution in [0.1, 0.15) is 64.5 Å². The molecule has 25 heavy (non-hydrogen) atoms. The summed E-state index contributed by atoms with van der Waals surface area (Å²) in [6, 6.07) is 6.15. The molecule has 2 amide bonds. The highest BCUT2D eigenvalue weighted by Gasteiger charge is 2.29. The van der Waals surface area contributed by atoms with E-state index in [1.54, 1.807) is 12.1 Å². The van der Waals surface area contributed by atoms with Gasteiger partial charge in [-0.3, -0.25) is 9.59 Å². The van der Waals surface area contributed by atoms with Gasteiger partial charge in [-0.05, 0) is 48.8 Å². The third-order valence-corrected chi connectivity index (χ3v) is 4.25. The smallest absolute Gasteiger partial charge is 0.223 e. The van der Waals surface area contributed by atoms with Gasteiger partial charge in [-0.25, -0.2) is 4.39 Å². The van der Waals surface area contributed by atoms with Crippen molar-refractivity contribution >= 4 is 11.8 Å². The van der Waals surface area contributed by atoms with E-state index in [9.17, 15) is 14.0 Å². The maximum atomic E-state index is 13.2. The Morgan fingerprint density at radius 1 is 1.20 bits per heavy atom. The lowest BCUT2D eigenvalue weighted by Gasteiger charge is -2.27. The number of nitrogens with one attached hydrogen (secondary N) is 2. The average Bonchev–Trinajstić information content (AvgIpc) is 3.35. The summed E-state index contributed by atoms with van der Waals surface area (Å²) >= 11 is 0. The van der Waals surface area contributed by atoms with Crippen LogP contribution < -0.4 is 10.6 Å². The SMILES string of the molecule is CC(C)(C)C[C@@H](NC(=O)CCCNC(=O)C1CC1)c1ccc(F)cc1. The Morgan fingerprint density at radius 3 is 2.40 bits per heavy atom. The summed E-state index contributed by atoms with van der Waals surface area (Å²) < 4.78 is 13.2. The van der Waals surface area contributed by atoms with Gasteiger partial charge in [0.1, 0.15) is 5.82 Å². The van der Waals surface area contributed by atoms with Crippen LogP contribution in [-0.2, 0) is 9.59 Å². The summed E-state index contributed by atoms with van der Waals surface area (Å²) in [6.45, 7) is 6.87. The van der Waals surface area contributed by atoms with Gasteiger partial charge in [-0.1, -0.05) is 32.9 Å². The predicted molar refractivity (Wildman–Crippen MR) is 96.3 cm³/mol. The zero-order valence-corrected chi connectivity index (χ0v) is 15.4. The van der Waals surface area contributed by atoms with Crippen LogP contribution in [0.2, 0.25) is 0 Å². The van der Waals surface area contributed by atoms with Gasteiger partial charge in [0.2, 0.25) is 11.8 Å². The van der Waals surface area contributed by atoms with Crippen LogP contribution in [-0.4, -0.2) is 18.4 Å². The Bertz CT molecular complexity index is 589. The molecule has 0 heterocycles. The molecule has 2 N–H and O–H groups in total. The molecule has 0 aromatic heterocycles. The van der Waals surface area contributed by atoms with Crippen LogP contribution in [0.15, 0.2) is 24.3 Å². The van der Waals surface area contributed by atoms with E-state index < -0.39 is 0 Å². The van der Waals surface area contributed by atoms with Gasteiger partial charge in [-0.15, -0.1) is 0 Å². The Balaban J connectivity index is 1.83. The second kappa shape index (κ2) is 8.45. The summed E-state index contributed by atoms with van der Waals surface area (Å²) in [6.07, 6.45) is 3.72. The molecule has 4 nitrogen and oxygen atoms in total. The molecule has 1 aromatic rings. The Hall–Kier alpha value is -1.91. The number of amides is 2. The van der Waals surface area contributed by atoms with E-state index in [1.807, 2.05) is 0 Å². The first-order valence-electron chi connectivity index (χ1n) is 9.07. The molecular formula is C20H29FN2O2. The van der Waals surface area contributed by atoms with Crippen molar-refractivity contribution in [1.82, 2.24) is 10.6 Å². The van der Waals surface area contributed by atoms with Crippen molar-refractivity contribution in [2.45, 2.75) is 58.9 Å². The summed E-state index contributed by atoms with van der Waals surface area (Å²) in [5, 5.41) is 5.93. The number of benzene rings is 1. The highest BCUT2D eigenvalue weighted by Crippen LogP contribution is 2.30. The second-order valence-electron chi connectivity index (χ2n) is 8.11. The topological polar surface area (TPSA) is 58.2 Å². The minimum atomic E-state index is -0.281. The van der Waals surface area contributed by atoms with Gasteiger partial charge in [0.15, 0.2) is 0 Å². The third kappa shape index (κ3) is 7.24. The molecule has 1 saturated carbocycles. The first kappa shape index (κ1) is 19.4. The van der Waals surface area contributed by atoms with Crippen molar-refractivity contribution < 1.29 is 14.0 Å². The van der Waals surface area contributed by atoms with Crippen LogP contribution in [0.25, 0.3) is 0 Å². The minimum Gasteiger partial charge on any atom is -0.356 e. The van der Waals surface area contributed by atoms with Crippen molar-refractivity contribution in [2.24, 2.45) is 11.3 Å². The van der Waals surface area contributed by atoms with E-state index in [0.717, 1.165) is 24.8 Å². The van der Waals surface area contributed by atoms with E-state index in [4.69, 9.17) is 0 Å². The van der Waals surface area contributed by atoms with E-state index in [2.05, 4.69) is 31.4 Å². The summed E-state index contributed by atoms with van der Waals surface area (Å²) in [4.78, 5) is 23.8. The zero-order valence-electron chi connectivity index (χ0n) is 15.4. The first-order chi connectivity index (χ1) is 11.7. The Kier molecular flexibility index (Phi) is 6.57. The third-order valence-electron chi connectivity index (χ3n) is 4.25. The lowest BCUT2D eigenvalue weighted by molar-refractivity contribution is -0.124. The molecule has 138 valence electrons. The van der Waals surface area contributed by atoms with Crippen molar-refractivity contribution in [3.63, 3.8) is 0 Å². The molecule has 2 rings (SSSR count). The number of hydrogen-bond acceptors (Lipinski definition) is 2. The molecule has 0 unspecified atom stereocenters. The van der Waals surface area contributed by atoms with Crippen molar-refractivity contribution in [2.75, 3.05) is 6.54 Å². The minimum absolute atomic E-state index is 0.0323. The molecule has 1 atom stereocenters. The van der Waals surface area contributed by atoms with E-state index >= 15 is 0 Å². The normalized spacial score (nSPS) is 15.5. The van der Waals surface area contributed by atoms with Gasteiger partial charge in [0.25, 0.3) is 0 Å². The molecule has 0 radical (unpaired) electrons. The molecule has 1 aromatic carbocycles. The quantitative estimate of drug-likeness (QED) is 0.703. The average molecular weight is 348 g/mol. The fraction of sp³-hybridized carbons (Fsp3) is 0.600. The van der Waals surface area contributed by atoms with Crippen molar-refractivity contribution in [3.05, 3.63) is 35.6 Å². The van der Waals surface area contributed by atoms with Crippen molar-refractivity contribution in [3.8, 4) is 0 Å². The molecule has 0 aliphatic heterocycles. The van der Waals surface area contributed by atoms with Gasteiger partial charge in [0.05, 0.1) is 6.04 Å². The van der Waals surface area contributed by atoms with E-state index in [-0.39, 0.29) is 35.0 Å². The lowest BCUT2D eigenvalue weighted by Crippen LogP contribution is -2.32. The summed E-state index contributed by atoms with van der Waals surface area (Å²) in [5.74, 6) is -0.0176. The predicted octanol–water partition coefficient (Wildman–Crippen LogP) is 3.73.